The highest BCUT2D eigenvalue weighted by atomic mass is 19.3. The number of carbonyl (C=O) groups is 1. The number of rotatable bonds is 8. The molecule has 2 aromatic carbocycles. The molecule has 0 radical (unpaired) electrons. The van der Waals surface area contributed by atoms with Crippen LogP contribution < -0.4 is 14.8 Å². The zero-order valence-corrected chi connectivity index (χ0v) is 18.9. The molecule has 1 saturated carbocycles. The van der Waals surface area contributed by atoms with E-state index in [1.807, 2.05) is 0 Å². The summed E-state index contributed by atoms with van der Waals surface area (Å²) in [4.78, 5) is 28.1. The first-order valence-corrected chi connectivity index (χ1v) is 10.9. The van der Waals surface area contributed by atoms with Crippen molar-refractivity contribution in [1.29, 1.82) is 0 Å². The van der Waals surface area contributed by atoms with Crippen molar-refractivity contribution < 1.29 is 28.0 Å². The van der Waals surface area contributed by atoms with E-state index in [0.29, 0.717) is 17.2 Å². The monoisotopic (exact) mass is 495 g/mol. The van der Waals surface area contributed by atoms with Gasteiger partial charge in [0, 0.05) is 29.8 Å². The Bertz CT molecular complexity index is 1470. The van der Waals surface area contributed by atoms with Crippen LogP contribution in [-0.2, 0) is 0 Å². The van der Waals surface area contributed by atoms with Crippen LogP contribution in [0, 0.1) is 10.1 Å². The van der Waals surface area contributed by atoms with Gasteiger partial charge in [-0.3, -0.25) is 14.9 Å². The first kappa shape index (κ1) is 23.1. The van der Waals surface area contributed by atoms with Gasteiger partial charge in [0.15, 0.2) is 11.3 Å². The van der Waals surface area contributed by atoms with Crippen LogP contribution in [0.1, 0.15) is 47.1 Å². The van der Waals surface area contributed by atoms with Crippen LogP contribution in [0.2, 0.25) is 0 Å². The Morgan fingerprint density at radius 3 is 2.47 bits per heavy atom. The van der Waals surface area contributed by atoms with E-state index in [4.69, 9.17) is 9.47 Å². The van der Waals surface area contributed by atoms with Crippen molar-refractivity contribution in [3.05, 3.63) is 81.8 Å². The summed E-state index contributed by atoms with van der Waals surface area (Å²) in [5.41, 5.74) is -0.100. The first-order valence-electron chi connectivity index (χ1n) is 10.9. The van der Waals surface area contributed by atoms with Gasteiger partial charge in [0.05, 0.1) is 23.8 Å². The lowest BCUT2D eigenvalue weighted by molar-refractivity contribution is -0.384. The van der Waals surface area contributed by atoms with Crippen molar-refractivity contribution in [3.63, 3.8) is 0 Å². The minimum absolute atomic E-state index is 0.0653. The number of carbonyl (C=O) groups excluding carboxylic acids is 1. The topological polar surface area (TPSA) is 121 Å². The zero-order valence-electron chi connectivity index (χ0n) is 18.9. The molecule has 184 valence electrons. The number of nitrogens with one attached hydrogen (secondary N) is 1. The van der Waals surface area contributed by atoms with Crippen molar-refractivity contribution in [3.8, 4) is 17.2 Å². The highest BCUT2D eigenvalue weighted by Gasteiger charge is 2.28. The number of anilines is 1. The van der Waals surface area contributed by atoms with Crippen LogP contribution in [0.3, 0.4) is 0 Å². The van der Waals surface area contributed by atoms with E-state index >= 15 is 0 Å². The maximum atomic E-state index is 13.6. The molecular weight excluding hydrogens is 476 g/mol. The van der Waals surface area contributed by atoms with Crippen molar-refractivity contribution >= 4 is 22.9 Å². The average molecular weight is 495 g/mol. The summed E-state index contributed by atoms with van der Waals surface area (Å²) in [6, 6.07) is 13.0. The van der Waals surface area contributed by atoms with E-state index in [1.54, 1.807) is 24.3 Å². The molecule has 0 unspecified atom stereocenters. The molecule has 0 saturated heterocycles. The third-order valence-corrected chi connectivity index (χ3v) is 5.58. The number of halogens is 2. The molecule has 0 aliphatic heterocycles. The molecule has 5 rings (SSSR count). The summed E-state index contributed by atoms with van der Waals surface area (Å²) in [6.45, 7) is 0. The van der Waals surface area contributed by atoms with Gasteiger partial charge in [-0.2, -0.15) is 5.10 Å². The van der Waals surface area contributed by atoms with Crippen LogP contribution in [0.4, 0.5) is 20.2 Å². The Hall–Kier alpha value is -4.61. The minimum Gasteiger partial charge on any atom is -0.497 e. The molecule has 2 heterocycles. The molecule has 12 heteroatoms. The van der Waals surface area contributed by atoms with Crippen molar-refractivity contribution in [2.24, 2.45) is 0 Å². The molecular formula is C24H19F2N5O5. The number of benzene rings is 2. The number of nitrogens with zero attached hydrogens (tertiary/aromatic N) is 4. The van der Waals surface area contributed by atoms with Gasteiger partial charge in [0.1, 0.15) is 22.9 Å². The predicted octanol–water partition coefficient (Wildman–Crippen LogP) is 5.51. The van der Waals surface area contributed by atoms with Crippen LogP contribution in [0.5, 0.6) is 17.2 Å². The number of ether oxygens (including phenoxy) is 2. The molecule has 0 bridgehead atoms. The number of fused-ring (bicyclic) bond motifs is 1. The number of hydrogen-bond donors (Lipinski definition) is 1. The SMILES string of the molecule is COc1ccc(Oc2cc(NC(=O)c3cc4nc(C5CC5)cc(C(F)F)n4n3)cc([N+](=O)[O-])c2)cc1. The molecule has 0 atom stereocenters. The molecule has 10 nitrogen and oxygen atoms in total. The molecule has 1 fully saturated rings. The Morgan fingerprint density at radius 2 is 1.83 bits per heavy atom. The van der Waals surface area contributed by atoms with Gasteiger partial charge in [0.2, 0.25) is 0 Å². The summed E-state index contributed by atoms with van der Waals surface area (Å²) in [6.07, 6.45) is -1.06. The molecule has 1 aliphatic carbocycles. The lowest BCUT2D eigenvalue weighted by Crippen LogP contribution is -2.13. The number of aromatic nitrogens is 3. The second-order valence-electron chi connectivity index (χ2n) is 8.18. The third kappa shape index (κ3) is 4.78. The number of amides is 1. The Kier molecular flexibility index (Phi) is 5.92. The van der Waals surface area contributed by atoms with E-state index in [0.717, 1.165) is 23.4 Å². The maximum absolute atomic E-state index is 13.6. The van der Waals surface area contributed by atoms with E-state index < -0.39 is 17.3 Å². The van der Waals surface area contributed by atoms with E-state index in [2.05, 4.69) is 15.4 Å². The normalized spacial score (nSPS) is 13.1. The number of nitro benzene ring substituents is 1. The van der Waals surface area contributed by atoms with Crippen LogP contribution >= 0.6 is 0 Å². The fourth-order valence-electron chi connectivity index (χ4n) is 3.67. The lowest BCUT2D eigenvalue weighted by Gasteiger charge is -2.09. The third-order valence-electron chi connectivity index (χ3n) is 5.58. The Balaban J connectivity index is 1.43. The van der Waals surface area contributed by atoms with Crippen LogP contribution in [0.25, 0.3) is 5.65 Å². The summed E-state index contributed by atoms with van der Waals surface area (Å²) in [7, 11) is 1.52. The molecule has 1 aliphatic rings. The predicted molar refractivity (Wildman–Crippen MR) is 124 cm³/mol. The molecule has 1 amide bonds. The standard InChI is InChI=1S/C24H19F2N5O5/c1-35-16-4-6-17(7-5-16)36-18-9-14(8-15(10-18)31(33)34)27-24(32)20-12-22-28-19(13-2-3-13)11-21(23(25)26)30(22)29-20/h4-13,23H,2-3H2,1H3,(H,27,32). The van der Waals surface area contributed by atoms with Gasteiger partial charge in [-0.05, 0) is 43.2 Å². The second-order valence-corrected chi connectivity index (χ2v) is 8.18. The number of nitro groups is 1. The van der Waals surface area contributed by atoms with Crippen LogP contribution in [0.15, 0.2) is 54.6 Å². The number of non-ortho nitro benzene ring substituents is 1. The average Bonchev–Trinajstić information content (AvgIpc) is 3.62. The minimum atomic E-state index is -2.81. The van der Waals surface area contributed by atoms with Crippen LogP contribution in [-0.4, -0.2) is 32.5 Å². The van der Waals surface area contributed by atoms with E-state index in [-0.39, 0.29) is 40.1 Å². The number of hydrogen-bond acceptors (Lipinski definition) is 7. The maximum Gasteiger partial charge on any atom is 0.280 e. The first-order chi connectivity index (χ1) is 17.3. The summed E-state index contributed by atoms with van der Waals surface area (Å²) in [5, 5.41) is 18.0. The fraction of sp³-hybridized carbons (Fsp3) is 0.208. The van der Waals surface area contributed by atoms with Gasteiger partial charge >= 0.3 is 0 Å². The van der Waals surface area contributed by atoms with Gasteiger partial charge in [-0.1, -0.05) is 0 Å². The number of alkyl halides is 2. The van der Waals surface area contributed by atoms with Crippen molar-refractivity contribution in [1.82, 2.24) is 14.6 Å². The lowest BCUT2D eigenvalue weighted by atomic mass is 10.2. The zero-order chi connectivity index (χ0) is 25.4. The van der Waals surface area contributed by atoms with Gasteiger partial charge in [0.25, 0.3) is 18.0 Å². The van der Waals surface area contributed by atoms with Gasteiger partial charge in [-0.25, -0.2) is 18.3 Å². The highest BCUT2D eigenvalue weighted by Crippen LogP contribution is 2.40. The highest BCUT2D eigenvalue weighted by molar-refractivity contribution is 6.03. The molecule has 1 N–H and O–H groups in total. The molecule has 2 aromatic heterocycles. The largest absolute Gasteiger partial charge is 0.497 e. The molecule has 4 aromatic rings. The summed E-state index contributed by atoms with van der Waals surface area (Å²) < 4.78 is 39.0. The van der Waals surface area contributed by atoms with Crippen molar-refractivity contribution in [2.75, 3.05) is 12.4 Å². The van der Waals surface area contributed by atoms with E-state index in [1.165, 1.54) is 31.4 Å². The molecule has 36 heavy (non-hydrogen) atoms. The second kappa shape index (κ2) is 9.21. The molecule has 0 spiro atoms. The summed E-state index contributed by atoms with van der Waals surface area (Å²) in [5.74, 6) is 0.496. The fourth-order valence-corrected chi connectivity index (χ4v) is 3.67. The Morgan fingerprint density at radius 1 is 1.11 bits per heavy atom. The quantitative estimate of drug-likeness (QED) is 0.253. The smallest absolute Gasteiger partial charge is 0.280 e. The number of methoxy groups -OCH3 is 1. The van der Waals surface area contributed by atoms with Crippen molar-refractivity contribution in [2.45, 2.75) is 25.2 Å². The van der Waals surface area contributed by atoms with Gasteiger partial charge in [-0.15, -0.1) is 0 Å². The van der Waals surface area contributed by atoms with Gasteiger partial charge < -0.3 is 14.8 Å². The summed E-state index contributed by atoms with van der Waals surface area (Å²) >= 11 is 0. The van der Waals surface area contributed by atoms with E-state index in [9.17, 15) is 23.7 Å². The Labute approximate surface area is 202 Å².